The molecule has 136 valence electrons. The van der Waals surface area contributed by atoms with E-state index in [2.05, 4.69) is 24.0 Å². The predicted octanol–water partition coefficient (Wildman–Crippen LogP) is 4.54. The Hall–Kier alpha value is -1.63. The average molecular weight is 387 g/mol. The van der Waals surface area contributed by atoms with Crippen molar-refractivity contribution >= 4 is 29.2 Å². The number of ether oxygens (including phenoxy) is 2. The van der Waals surface area contributed by atoms with Gasteiger partial charge < -0.3 is 13.9 Å². The Bertz CT molecular complexity index is 718. The molecule has 0 bridgehead atoms. The van der Waals surface area contributed by atoms with Crippen molar-refractivity contribution in [3.63, 3.8) is 0 Å². The van der Waals surface area contributed by atoms with Gasteiger partial charge in [0.05, 0.1) is 10.6 Å². The summed E-state index contributed by atoms with van der Waals surface area (Å²) in [6.07, 6.45) is 0.235. The normalized spacial score (nSPS) is 12.4. The lowest BCUT2D eigenvalue weighted by Gasteiger charge is -2.12. The van der Waals surface area contributed by atoms with Crippen LogP contribution in [0.5, 0.6) is 0 Å². The molecule has 8 heteroatoms. The number of rotatable bonds is 8. The fraction of sp³-hybridized carbons (Fsp3) is 0.471. The highest BCUT2D eigenvalue weighted by Gasteiger charge is 2.18. The molecule has 0 amide bonds. The molecule has 2 rings (SSSR count). The number of hydrogen-bond donors (Lipinski definition) is 0. The van der Waals surface area contributed by atoms with Crippen molar-refractivity contribution in [2.24, 2.45) is 5.92 Å². The van der Waals surface area contributed by atoms with E-state index in [0.29, 0.717) is 28.1 Å². The summed E-state index contributed by atoms with van der Waals surface area (Å²) >= 11 is 12.0. The van der Waals surface area contributed by atoms with Gasteiger partial charge in [-0.1, -0.05) is 37.0 Å². The summed E-state index contributed by atoms with van der Waals surface area (Å²) in [5.41, 5.74) is 0.557. The lowest BCUT2D eigenvalue weighted by Crippen LogP contribution is -2.24. The standard InChI is InChI=1S/C17H20Cl2N2O4/c1-10(2)6-7-23-11(3)17(22)24-9-15-20-21-16(25-15)13-5-4-12(18)8-14(13)19/h4-5,8,10-11H,6-7,9H2,1-3H3. The first kappa shape index (κ1) is 19.7. The lowest BCUT2D eigenvalue weighted by atomic mass is 10.1. The van der Waals surface area contributed by atoms with E-state index >= 15 is 0 Å². The van der Waals surface area contributed by atoms with Gasteiger partial charge in [0.1, 0.15) is 0 Å². The van der Waals surface area contributed by atoms with Crippen molar-refractivity contribution in [1.82, 2.24) is 10.2 Å². The number of halogens is 2. The summed E-state index contributed by atoms with van der Waals surface area (Å²) in [6, 6.07) is 4.93. The fourth-order valence-corrected chi connectivity index (χ4v) is 2.37. The van der Waals surface area contributed by atoms with Gasteiger partial charge in [-0.05, 0) is 37.5 Å². The SMILES string of the molecule is CC(C)CCOC(C)C(=O)OCc1nnc(-c2ccc(Cl)cc2Cl)o1. The molecule has 0 aliphatic rings. The number of esters is 1. The number of benzene rings is 1. The summed E-state index contributed by atoms with van der Waals surface area (Å²) < 4.78 is 16.0. The van der Waals surface area contributed by atoms with E-state index in [9.17, 15) is 4.79 Å². The van der Waals surface area contributed by atoms with E-state index in [0.717, 1.165) is 6.42 Å². The second kappa shape index (κ2) is 9.17. The van der Waals surface area contributed by atoms with Gasteiger partial charge in [-0.15, -0.1) is 10.2 Å². The van der Waals surface area contributed by atoms with Crippen LogP contribution in [0.15, 0.2) is 22.6 Å². The molecule has 25 heavy (non-hydrogen) atoms. The molecule has 1 unspecified atom stereocenters. The van der Waals surface area contributed by atoms with Gasteiger partial charge >= 0.3 is 5.97 Å². The van der Waals surface area contributed by atoms with Crippen LogP contribution in [0.3, 0.4) is 0 Å². The maximum absolute atomic E-state index is 11.9. The Morgan fingerprint density at radius 2 is 2.00 bits per heavy atom. The van der Waals surface area contributed by atoms with Crippen LogP contribution in [0, 0.1) is 5.92 Å². The van der Waals surface area contributed by atoms with E-state index in [4.69, 9.17) is 37.1 Å². The zero-order chi connectivity index (χ0) is 18.4. The highest BCUT2D eigenvalue weighted by molar-refractivity contribution is 6.36. The quantitative estimate of drug-likeness (QED) is 0.620. The minimum absolute atomic E-state index is 0.130. The molecule has 0 saturated heterocycles. The lowest BCUT2D eigenvalue weighted by molar-refractivity contribution is -0.158. The molecule has 1 heterocycles. The summed E-state index contributed by atoms with van der Waals surface area (Å²) in [7, 11) is 0. The van der Waals surface area contributed by atoms with Crippen LogP contribution >= 0.6 is 23.2 Å². The van der Waals surface area contributed by atoms with Crippen LogP contribution in [-0.4, -0.2) is 28.9 Å². The molecule has 1 aromatic carbocycles. The Kier molecular flexibility index (Phi) is 7.23. The minimum Gasteiger partial charge on any atom is -0.454 e. The first-order chi connectivity index (χ1) is 11.9. The Labute approximate surface area is 156 Å². The first-order valence-corrected chi connectivity index (χ1v) is 8.68. The molecule has 0 fully saturated rings. The molecule has 0 aliphatic heterocycles. The molecule has 0 saturated carbocycles. The van der Waals surface area contributed by atoms with Gasteiger partial charge in [0.25, 0.3) is 5.89 Å². The molecular formula is C17H20Cl2N2O4. The van der Waals surface area contributed by atoms with Crippen LogP contribution in [0.1, 0.15) is 33.1 Å². The Balaban J connectivity index is 1.87. The molecule has 0 spiro atoms. The summed E-state index contributed by atoms with van der Waals surface area (Å²) in [5, 5.41) is 8.65. The van der Waals surface area contributed by atoms with Crippen molar-refractivity contribution in [3.05, 3.63) is 34.1 Å². The van der Waals surface area contributed by atoms with Crippen molar-refractivity contribution in [2.75, 3.05) is 6.61 Å². The van der Waals surface area contributed by atoms with Crippen molar-refractivity contribution in [2.45, 2.75) is 39.9 Å². The van der Waals surface area contributed by atoms with Crippen LogP contribution < -0.4 is 0 Å². The predicted molar refractivity (Wildman–Crippen MR) is 94.4 cm³/mol. The monoisotopic (exact) mass is 386 g/mol. The van der Waals surface area contributed by atoms with Gasteiger partial charge in [-0.3, -0.25) is 0 Å². The van der Waals surface area contributed by atoms with E-state index < -0.39 is 12.1 Å². The average Bonchev–Trinajstić information content (AvgIpc) is 3.00. The number of carbonyl (C=O) groups excluding carboxylic acids is 1. The smallest absolute Gasteiger partial charge is 0.335 e. The maximum atomic E-state index is 11.9. The highest BCUT2D eigenvalue weighted by Crippen LogP contribution is 2.29. The van der Waals surface area contributed by atoms with E-state index in [1.807, 2.05) is 0 Å². The second-order valence-corrected chi connectivity index (χ2v) is 6.77. The third-order valence-electron chi connectivity index (χ3n) is 3.36. The number of nitrogens with zero attached hydrogens (tertiary/aromatic N) is 2. The van der Waals surface area contributed by atoms with Crippen molar-refractivity contribution in [1.29, 1.82) is 0 Å². The summed E-state index contributed by atoms with van der Waals surface area (Å²) in [6.45, 7) is 6.21. The number of hydrogen-bond acceptors (Lipinski definition) is 6. The highest BCUT2D eigenvalue weighted by atomic mass is 35.5. The second-order valence-electron chi connectivity index (χ2n) is 5.93. The van der Waals surface area contributed by atoms with Crippen LogP contribution in [0.25, 0.3) is 11.5 Å². The Morgan fingerprint density at radius 1 is 1.24 bits per heavy atom. The van der Waals surface area contributed by atoms with Crippen molar-refractivity contribution in [3.8, 4) is 11.5 Å². The van der Waals surface area contributed by atoms with Crippen LogP contribution in [-0.2, 0) is 20.9 Å². The topological polar surface area (TPSA) is 74.5 Å². The van der Waals surface area contributed by atoms with Gasteiger partial charge in [0.2, 0.25) is 5.89 Å². The molecule has 1 atom stereocenters. The van der Waals surface area contributed by atoms with Gasteiger partial charge in [0, 0.05) is 11.6 Å². The third-order valence-corrected chi connectivity index (χ3v) is 3.91. The maximum Gasteiger partial charge on any atom is 0.335 e. The van der Waals surface area contributed by atoms with E-state index in [1.54, 1.807) is 25.1 Å². The van der Waals surface area contributed by atoms with Crippen molar-refractivity contribution < 1.29 is 18.7 Å². The Morgan fingerprint density at radius 3 is 2.68 bits per heavy atom. The molecule has 0 N–H and O–H groups in total. The molecule has 6 nitrogen and oxygen atoms in total. The molecule has 2 aromatic rings. The van der Waals surface area contributed by atoms with Gasteiger partial charge in [-0.2, -0.15) is 0 Å². The molecule has 1 aromatic heterocycles. The van der Waals surface area contributed by atoms with Crippen LogP contribution in [0.2, 0.25) is 10.0 Å². The first-order valence-electron chi connectivity index (χ1n) is 7.93. The zero-order valence-electron chi connectivity index (χ0n) is 14.3. The minimum atomic E-state index is -0.646. The third kappa shape index (κ3) is 5.99. The number of carbonyl (C=O) groups is 1. The van der Waals surface area contributed by atoms with E-state index in [1.165, 1.54) is 0 Å². The molecule has 0 radical (unpaired) electrons. The largest absolute Gasteiger partial charge is 0.454 e. The molecular weight excluding hydrogens is 367 g/mol. The van der Waals surface area contributed by atoms with Crippen LogP contribution in [0.4, 0.5) is 0 Å². The molecule has 0 aliphatic carbocycles. The number of aromatic nitrogens is 2. The summed E-state index contributed by atoms with van der Waals surface area (Å²) in [4.78, 5) is 11.9. The van der Waals surface area contributed by atoms with E-state index in [-0.39, 0.29) is 18.4 Å². The summed E-state index contributed by atoms with van der Waals surface area (Å²) in [5.74, 6) is 0.436. The fourth-order valence-electron chi connectivity index (χ4n) is 1.88. The van der Waals surface area contributed by atoms with Gasteiger partial charge in [0.15, 0.2) is 12.7 Å². The zero-order valence-corrected chi connectivity index (χ0v) is 15.8. The van der Waals surface area contributed by atoms with Gasteiger partial charge in [-0.25, -0.2) is 4.79 Å².